The lowest BCUT2D eigenvalue weighted by molar-refractivity contribution is 0.319. The van der Waals surface area contributed by atoms with Crippen molar-refractivity contribution in [3.05, 3.63) is 24.3 Å². The van der Waals surface area contributed by atoms with Crippen molar-refractivity contribution >= 4 is 18.3 Å². The Morgan fingerprint density at radius 3 is 2.92 bits per heavy atom. The largest absolute Gasteiger partial charge is 0.493 e. The van der Waals surface area contributed by atoms with Crippen LogP contribution in [0.15, 0.2) is 24.3 Å². The number of rotatable bonds is 4. The van der Waals surface area contributed by atoms with Crippen LogP contribution in [-0.2, 0) is 0 Å². The highest BCUT2D eigenvalue weighted by Crippen LogP contribution is 2.14. The van der Waals surface area contributed by atoms with Crippen molar-refractivity contribution < 1.29 is 4.74 Å². The van der Waals surface area contributed by atoms with E-state index in [2.05, 4.69) is 12.6 Å². The number of ether oxygens (including phenoxy) is 1. The van der Waals surface area contributed by atoms with Gasteiger partial charge in [0, 0.05) is 11.8 Å². The minimum Gasteiger partial charge on any atom is -0.493 e. The minimum absolute atomic E-state index is 0.701. The van der Waals surface area contributed by atoms with Crippen LogP contribution in [-0.4, -0.2) is 12.4 Å². The molecule has 0 amide bonds. The summed E-state index contributed by atoms with van der Waals surface area (Å²) in [5, 5.41) is 0. The van der Waals surface area contributed by atoms with Crippen molar-refractivity contribution in [1.29, 1.82) is 0 Å². The number of nitrogen functional groups attached to an aromatic ring is 1. The molecular weight excluding hydrogens is 170 g/mol. The van der Waals surface area contributed by atoms with E-state index in [1.54, 1.807) is 0 Å². The molecule has 0 aliphatic rings. The lowest BCUT2D eigenvalue weighted by Gasteiger charge is -2.04. The molecule has 3 heteroatoms. The molecule has 1 aromatic carbocycles. The van der Waals surface area contributed by atoms with Crippen LogP contribution in [0.4, 0.5) is 5.69 Å². The minimum atomic E-state index is 0.701. The lowest BCUT2D eigenvalue weighted by Crippen LogP contribution is -1.98. The normalized spacial score (nSPS) is 9.75. The molecule has 0 heterocycles. The van der Waals surface area contributed by atoms with Crippen LogP contribution in [0, 0.1) is 0 Å². The quantitative estimate of drug-likeness (QED) is 0.425. The SMILES string of the molecule is Nc1cccc(OCCCS)c1. The molecule has 0 aliphatic carbocycles. The molecule has 1 rings (SSSR count). The van der Waals surface area contributed by atoms with Gasteiger partial charge in [0.15, 0.2) is 0 Å². The van der Waals surface area contributed by atoms with Crippen molar-refractivity contribution in [3.63, 3.8) is 0 Å². The average molecular weight is 183 g/mol. The third-order valence-corrected chi connectivity index (χ3v) is 1.75. The molecule has 0 saturated heterocycles. The molecule has 12 heavy (non-hydrogen) atoms. The van der Waals surface area contributed by atoms with Crippen LogP contribution in [0.1, 0.15) is 6.42 Å². The molecule has 0 saturated carbocycles. The van der Waals surface area contributed by atoms with Crippen LogP contribution in [0.25, 0.3) is 0 Å². The molecular formula is C9H13NOS. The molecule has 0 aliphatic heterocycles. The summed E-state index contributed by atoms with van der Waals surface area (Å²) in [5.74, 6) is 1.68. The second kappa shape index (κ2) is 4.93. The third-order valence-electron chi connectivity index (χ3n) is 1.43. The molecule has 66 valence electrons. The van der Waals surface area contributed by atoms with Gasteiger partial charge in [-0.1, -0.05) is 6.07 Å². The van der Waals surface area contributed by atoms with E-state index in [-0.39, 0.29) is 0 Å². The Labute approximate surface area is 78.1 Å². The molecule has 0 atom stereocenters. The van der Waals surface area contributed by atoms with Crippen LogP contribution < -0.4 is 10.5 Å². The Hall–Kier alpha value is -0.830. The summed E-state index contributed by atoms with van der Waals surface area (Å²) in [7, 11) is 0. The summed E-state index contributed by atoms with van der Waals surface area (Å²) in [6.07, 6.45) is 0.956. The zero-order valence-electron chi connectivity index (χ0n) is 6.86. The van der Waals surface area contributed by atoms with E-state index in [1.807, 2.05) is 24.3 Å². The Bertz CT molecular complexity index is 240. The van der Waals surface area contributed by atoms with Gasteiger partial charge in [-0.3, -0.25) is 0 Å². The van der Waals surface area contributed by atoms with Crippen molar-refractivity contribution in [3.8, 4) is 5.75 Å². The van der Waals surface area contributed by atoms with Gasteiger partial charge in [0.05, 0.1) is 6.61 Å². The standard InChI is InChI=1S/C9H13NOS/c10-8-3-1-4-9(7-8)11-5-2-6-12/h1,3-4,7,12H,2,5-6,10H2. The van der Waals surface area contributed by atoms with Crippen LogP contribution in [0.3, 0.4) is 0 Å². The second-order valence-electron chi connectivity index (χ2n) is 2.50. The van der Waals surface area contributed by atoms with E-state index in [4.69, 9.17) is 10.5 Å². The van der Waals surface area contributed by atoms with E-state index >= 15 is 0 Å². The first-order chi connectivity index (χ1) is 5.83. The Kier molecular flexibility index (Phi) is 3.80. The van der Waals surface area contributed by atoms with Crippen molar-refractivity contribution in [2.24, 2.45) is 0 Å². The number of hydrogen-bond acceptors (Lipinski definition) is 3. The van der Waals surface area contributed by atoms with Gasteiger partial charge >= 0.3 is 0 Å². The van der Waals surface area contributed by atoms with E-state index in [1.165, 1.54) is 0 Å². The smallest absolute Gasteiger partial charge is 0.121 e. The summed E-state index contributed by atoms with van der Waals surface area (Å²) in [4.78, 5) is 0. The maximum Gasteiger partial charge on any atom is 0.121 e. The van der Waals surface area contributed by atoms with Crippen molar-refractivity contribution in [2.75, 3.05) is 18.1 Å². The number of hydrogen-bond donors (Lipinski definition) is 2. The molecule has 0 unspecified atom stereocenters. The fourth-order valence-corrected chi connectivity index (χ4v) is 0.988. The predicted molar refractivity (Wildman–Crippen MR) is 54.8 cm³/mol. The van der Waals surface area contributed by atoms with Crippen molar-refractivity contribution in [2.45, 2.75) is 6.42 Å². The van der Waals surface area contributed by atoms with Gasteiger partial charge < -0.3 is 10.5 Å². The molecule has 0 fully saturated rings. The fourth-order valence-electron chi connectivity index (χ4n) is 0.859. The summed E-state index contributed by atoms with van der Waals surface area (Å²) >= 11 is 4.08. The highest BCUT2D eigenvalue weighted by molar-refractivity contribution is 7.80. The summed E-state index contributed by atoms with van der Waals surface area (Å²) < 4.78 is 5.40. The molecule has 2 nitrogen and oxygen atoms in total. The molecule has 1 aromatic rings. The summed E-state index contributed by atoms with van der Waals surface area (Å²) in [6, 6.07) is 7.43. The van der Waals surface area contributed by atoms with E-state index in [0.29, 0.717) is 6.61 Å². The molecule has 0 bridgehead atoms. The van der Waals surface area contributed by atoms with Crippen LogP contribution in [0.2, 0.25) is 0 Å². The average Bonchev–Trinajstić information content (AvgIpc) is 2.05. The van der Waals surface area contributed by atoms with Gasteiger partial charge in [-0.2, -0.15) is 12.6 Å². The first kappa shape index (κ1) is 9.26. The number of nitrogens with two attached hydrogens (primary N) is 1. The Balaban J connectivity index is 2.41. The van der Waals surface area contributed by atoms with E-state index in [0.717, 1.165) is 23.6 Å². The van der Waals surface area contributed by atoms with E-state index in [9.17, 15) is 0 Å². The summed E-state index contributed by atoms with van der Waals surface area (Å²) in [5.41, 5.74) is 6.30. The number of benzene rings is 1. The fraction of sp³-hybridized carbons (Fsp3) is 0.333. The predicted octanol–water partition coefficient (Wildman–Crippen LogP) is 1.97. The van der Waals surface area contributed by atoms with Crippen LogP contribution in [0.5, 0.6) is 5.75 Å². The highest BCUT2D eigenvalue weighted by atomic mass is 32.1. The zero-order valence-corrected chi connectivity index (χ0v) is 7.76. The lowest BCUT2D eigenvalue weighted by atomic mass is 10.3. The number of thiol groups is 1. The molecule has 0 radical (unpaired) electrons. The highest BCUT2D eigenvalue weighted by Gasteiger charge is 1.92. The van der Waals surface area contributed by atoms with Gasteiger partial charge in [0.1, 0.15) is 5.75 Å². The maximum atomic E-state index is 5.57. The Morgan fingerprint density at radius 2 is 2.25 bits per heavy atom. The van der Waals surface area contributed by atoms with Gasteiger partial charge in [-0.15, -0.1) is 0 Å². The van der Waals surface area contributed by atoms with Gasteiger partial charge in [-0.05, 0) is 24.3 Å². The molecule has 0 spiro atoms. The maximum absolute atomic E-state index is 5.57. The monoisotopic (exact) mass is 183 g/mol. The first-order valence-corrected chi connectivity index (χ1v) is 4.55. The first-order valence-electron chi connectivity index (χ1n) is 3.92. The van der Waals surface area contributed by atoms with Crippen molar-refractivity contribution in [1.82, 2.24) is 0 Å². The van der Waals surface area contributed by atoms with E-state index < -0.39 is 0 Å². The van der Waals surface area contributed by atoms with Gasteiger partial charge in [-0.25, -0.2) is 0 Å². The zero-order chi connectivity index (χ0) is 8.81. The molecule has 0 aromatic heterocycles. The van der Waals surface area contributed by atoms with Crippen LogP contribution >= 0.6 is 12.6 Å². The second-order valence-corrected chi connectivity index (χ2v) is 2.95. The topological polar surface area (TPSA) is 35.2 Å². The summed E-state index contributed by atoms with van der Waals surface area (Å²) in [6.45, 7) is 0.701. The molecule has 2 N–H and O–H groups in total. The third kappa shape index (κ3) is 3.05. The number of anilines is 1. The van der Waals surface area contributed by atoms with Gasteiger partial charge in [0.25, 0.3) is 0 Å². The van der Waals surface area contributed by atoms with Gasteiger partial charge in [0.2, 0.25) is 0 Å². The Morgan fingerprint density at radius 1 is 1.42 bits per heavy atom.